The number of hydrogen-bond donors (Lipinski definition) is 1. The maximum absolute atomic E-state index is 12.5. The van der Waals surface area contributed by atoms with Crippen molar-refractivity contribution >= 4 is 31.6 Å². The van der Waals surface area contributed by atoms with E-state index in [-0.39, 0.29) is 4.90 Å². The lowest BCUT2D eigenvalue weighted by Gasteiger charge is -2.29. The fourth-order valence-corrected chi connectivity index (χ4v) is 5.44. The highest BCUT2D eigenvalue weighted by atomic mass is 79.9. The van der Waals surface area contributed by atoms with Crippen molar-refractivity contribution in [1.29, 1.82) is 0 Å². The molecule has 3 rings (SSSR count). The van der Waals surface area contributed by atoms with Gasteiger partial charge >= 0.3 is 0 Å². The third-order valence-corrected chi connectivity index (χ3v) is 7.75. The molecule has 0 saturated heterocycles. The van der Waals surface area contributed by atoms with Crippen LogP contribution in [0.2, 0.25) is 0 Å². The van der Waals surface area contributed by atoms with Gasteiger partial charge in [0.05, 0.1) is 4.90 Å². The molecule has 1 N–H and O–H groups in total. The van der Waals surface area contributed by atoms with Crippen molar-refractivity contribution in [3.8, 4) is 0 Å². The van der Waals surface area contributed by atoms with Crippen molar-refractivity contribution in [1.82, 2.24) is 0 Å². The molecule has 28 heavy (non-hydrogen) atoms. The number of unbranched alkanes of at least 4 members (excludes halogenated alkanes) is 2. The zero-order valence-corrected chi connectivity index (χ0v) is 18.9. The van der Waals surface area contributed by atoms with E-state index in [1.165, 1.54) is 56.9 Å². The number of anilines is 1. The number of rotatable bonds is 8. The molecule has 0 amide bonds. The Balaban J connectivity index is 1.56. The lowest BCUT2D eigenvalue weighted by Crippen LogP contribution is -2.14. The monoisotopic (exact) mass is 463 g/mol. The predicted molar refractivity (Wildman–Crippen MR) is 120 cm³/mol. The molecule has 1 aliphatic rings. The van der Waals surface area contributed by atoms with Crippen molar-refractivity contribution in [3.05, 3.63) is 58.6 Å². The molecule has 0 heterocycles. The Morgan fingerprint density at radius 3 is 2.18 bits per heavy atom. The van der Waals surface area contributed by atoms with Gasteiger partial charge in [-0.15, -0.1) is 0 Å². The fraction of sp³-hybridized carbons (Fsp3) is 0.478. The Kier molecular flexibility index (Phi) is 7.58. The van der Waals surface area contributed by atoms with E-state index in [1.54, 1.807) is 24.3 Å². The summed E-state index contributed by atoms with van der Waals surface area (Å²) in [6.07, 6.45) is 10.6. The lowest BCUT2D eigenvalue weighted by atomic mass is 9.77. The normalized spacial score (nSPS) is 20.1. The van der Waals surface area contributed by atoms with Gasteiger partial charge in [0.25, 0.3) is 10.0 Å². The Morgan fingerprint density at radius 2 is 1.57 bits per heavy atom. The second-order valence-electron chi connectivity index (χ2n) is 7.89. The summed E-state index contributed by atoms with van der Waals surface area (Å²) in [6, 6.07) is 14.6. The van der Waals surface area contributed by atoms with Gasteiger partial charge in [-0.3, -0.25) is 4.72 Å². The average Bonchev–Trinajstić information content (AvgIpc) is 2.69. The minimum absolute atomic E-state index is 0.265. The molecule has 2 aromatic carbocycles. The molecular formula is C23H30BrNO2S. The van der Waals surface area contributed by atoms with Crippen LogP contribution in [-0.4, -0.2) is 8.42 Å². The van der Waals surface area contributed by atoms with Gasteiger partial charge in [-0.2, -0.15) is 0 Å². The first-order chi connectivity index (χ1) is 13.5. The SMILES string of the molecule is CCCCCC1CCC(c2ccc(NS(=O)(=O)c3ccc(Br)cc3)cc2)CC1. The van der Waals surface area contributed by atoms with Gasteiger partial charge in [-0.1, -0.05) is 60.7 Å². The molecule has 0 unspecified atom stereocenters. The molecule has 1 aliphatic carbocycles. The topological polar surface area (TPSA) is 46.2 Å². The van der Waals surface area contributed by atoms with Gasteiger partial charge in [0.2, 0.25) is 0 Å². The summed E-state index contributed by atoms with van der Waals surface area (Å²) in [5.41, 5.74) is 1.94. The van der Waals surface area contributed by atoms with E-state index in [4.69, 9.17) is 0 Å². The largest absolute Gasteiger partial charge is 0.280 e. The Labute approximate surface area is 178 Å². The van der Waals surface area contributed by atoms with Crippen LogP contribution >= 0.6 is 15.9 Å². The van der Waals surface area contributed by atoms with Gasteiger partial charge in [0.15, 0.2) is 0 Å². The molecule has 0 spiro atoms. The first-order valence-electron chi connectivity index (χ1n) is 10.4. The van der Waals surface area contributed by atoms with Crippen molar-refractivity contribution in [2.45, 2.75) is 69.1 Å². The predicted octanol–water partition coefficient (Wildman–Crippen LogP) is 7.10. The van der Waals surface area contributed by atoms with E-state index in [1.807, 2.05) is 12.1 Å². The van der Waals surface area contributed by atoms with Gasteiger partial charge in [-0.25, -0.2) is 8.42 Å². The molecule has 1 fully saturated rings. The molecule has 0 atom stereocenters. The highest BCUT2D eigenvalue weighted by molar-refractivity contribution is 9.10. The Bertz CT molecular complexity index is 839. The number of nitrogens with one attached hydrogen (secondary N) is 1. The average molecular weight is 464 g/mol. The van der Waals surface area contributed by atoms with Crippen LogP contribution in [0.15, 0.2) is 57.9 Å². The number of benzene rings is 2. The Morgan fingerprint density at radius 1 is 0.929 bits per heavy atom. The van der Waals surface area contributed by atoms with Crippen LogP contribution in [0.5, 0.6) is 0 Å². The van der Waals surface area contributed by atoms with E-state index >= 15 is 0 Å². The molecular weight excluding hydrogens is 434 g/mol. The summed E-state index contributed by atoms with van der Waals surface area (Å²) in [5, 5.41) is 0. The zero-order chi connectivity index (χ0) is 20.0. The van der Waals surface area contributed by atoms with Crippen LogP contribution in [0.3, 0.4) is 0 Å². The zero-order valence-electron chi connectivity index (χ0n) is 16.5. The molecule has 0 aromatic heterocycles. The second kappa shape index (κ2) is 9.93. The van der Waals surface area contributed by atoms with Gasteiger partial charge in [0.1, 0.15) is 0 Å². The van der Waals surface area contributed by atoms with Crippen molar-refractivity contribution in [2.75, 3.05) is 4.72 Å². The smallest absolute Gasteiger partial charge is 0.261 e. The number of sulfonamides is 1. The molecule has 0 aliphatic heterocycles. The maximum atomic E-state index is 12.5. The van der Waals surface area contributed by atoms with Crippen LogP contribution < -0.4 is 4.72 Å². The first-order valence-corrected chi connectivity index (χ1v) is 12.6. The minimum atomic E-state index is -3.56. The van der Waals surface area contributed by atoms with E-state index in [2.05, 4.69) is 39.7 Å². The van der Waals surface area contributed by atoms with Crippen molar-refractivity contribution < 1.29 is 8.42 Å². The van der Waals surface area contributed by atoms with Gasteiger partial charge < -0.3 is 0 Å². The summed E-state index contributed by atoms with van der Waals surface area (Å²) in [7, 11) is -3.56. The van der Waals surface area contributed by atoms with Crippen LogP contribution in [0.25, 0.3) is 0 Å². The summed E-state index contributed by atoms with van der Waals surface area (Å²) in [4.78, 5) is 0.265. The van der Waals surface area contributed by atoms with E-state index in [9.17, 15) is 8.42 Å². The number of hydrogen-bond acceptors (Lipinski definition) is 2. The molecule has 0 bridgehead atoms. The maximum Gasteiger partial charge on any atom is 0.261 e. The Hall–Kier alpha value is -1.33. The second-order valence-corrected chi connectivity index (χ2v) is 10.5. The van der Waals surface area contributed by atoms with Crippen molar-refractivity contribution in [2.24, 2.45) is 5.92 Å². The molecule has 0 radical (unpaired) electrons. The molecule has 2 aromatic rings. The molecule has 1 saturated carbocycles. The van der Waals surface area contributed by atoms with E-state index < -0.39 is 10.0 Å². The lowest BCUT2D eigenvalue weighted by molar-refractivity contribution is 0.303. The van der Waals surface area contributed by atoms with Gasteiger partial charge in [0, 0.05) is 10.2 Å². The number of halogens is 1. The summed E-state index contributed by atoms with van der Waals surface area (Å²) < 4.78 is 28.6. The highest BCUT2D eigenvalue weighted by Gasteiger charge is 2.22. The fourth-order valence-electron chi connectivity index (χ4n) is 4.12. The van der Waals surface area contributed by atoms with Gasteiger partial charge in [-0.05, 0) is 79.5 Å². The standard InChI is InChI=1S/C23H30BrNO2S/c1-2-3-4-5-18-6-8-19(9-7-18)20-10-14-22(15-11-20)25-28(26,27)23-16-12-21(24)13-17-23/h10-19,25H,2-9H2,1H3. The highest BCUT2D eigenvalue weighted by Crippen LogP contribution is 2.38. The molecule has 3 nitrogen and oxygen atoms in total. The van der Waals surface area contributed by atoms with Crippen molar-refractivity contribution in [3.63, 3.8) is 0 Å². The first kappa shape index (κ1) is 21.4. The van der Waals surface area contributed by atoms with Crippen LogP contribution in [0.4, 0.5) is 5.69 Å². The summed E-state index contributed by atoms with van der Waals surface area (Å²) >= 11 is 3.33. The molecule has 152 valence electrons. The van der Waals surface area contributed by atoms with Crippen LogP contribution in [0, 0.1) is 5.92 Å². The summed E-state index contributed by atoms with van der Waals surface area (Å²) in [5.74, 6) is 1.51. The van der Waals surface area contributed by atoms with E-state index in [0.717, 1.165) is 10.4 Å². The summed E-state index contributed by atoms with van der Waals surface area (Å²) in [6.45, 7) is 2.26. The molecule has 5 heteroatoms. The van der Waals surface area contributed by atoms with E-state index in [0.29, 0.717) is 11.6 Å². The third-order valence-electron chi connectivity index (χ3n) is 5.82. The third kappa shape index (κ3) is 5.84. The van der Waals surface area contributed by atoms with Crippen LogP contribution in [0.1, 0.15) is 69.8 Å². The van der Waals surface area contributed by atoms with Crippen LogP contribution in [-0.2, 0) is 10.0 Å². The minimum Gasteiger partial charge on any atom is -0.280 e. The quantitative estimate of drug-likeness (QED) is 0.424.